The molecule has 3 aromatic carbocycles. The number of para-hydroxylation sites is 1. The monoisotopic (exact) mass is 412 g/mol. The average molecular weight is 412 g/mol. The van der Waals surface area contributed by atoms with Gasteiger partial charge in [0.1, 0.15) is 5.69 Å². The second-order valence-electron chi connectivity index (χ2n) is 6.65. The molecule has 0 aliphatic heterocycles. The first-order valence-corrected chi connectivity index (χ1v) is 9.82. The summed E-state index contributed by atoms with van der Waals surface area (Å²) in [5, 5.41) is 11.2. The van der Waals surface area contributed by atoms with Crippen LogP contribution in [0.2, 0.25) is 0 Å². The summed E-state index contributed by atoms with van der Waals surface area (Å²) in [6.07, 6.45) is 0. The van der Waals surface area contributed by atoms with Gasteiger partial charge in [-0.15, -0.1) is 5.10 Å². The van der Waals surface area contributed by atoms with Gasteiger partial charge in [-0.05, 0) is 43.3 Å². The van der Waals surface area contributed by atoms with Gasteiger partial charge in [-0.1, -0.05) is 53.7 Å². The molecule has 1 N–H and O–H groups in total. The Hall–Kier alpha value is -4.26. The molecule has 1 aromatic heterocycles. The molecule has 0 atom stereocenters. The highest BCUT2D eigenvalue weighted by molar-refractivity contribution is 6.07. The van der Waals surface area contributed by atoms with Gasteiger partial charge >= 0.3 is 5.97 Å². The number of ether oxygens (including phenoxy) is 1. The highest BCUT2D eigenvalue weighted by Gasteiger charge is 2.22. The number of hydrogen-bond acceptors (Lipinski definition) is 5. The van der Waals surface area contributed by atoms with Crippen molar-refractivity contribution >= 4 is 17.6 Å². The number of anilines is 1. The van der Waals surface area contributed by atoms with E-state index in [0.717, 1.165) is 11.3 Å². The quantitative estimate of drug-likeness (QED) is 0.476. The minimum absolute atomic E-state index is 0.199. The summed E-state index contributed by atoms with van der Waals surface area (Å²) in [7, 11) is 0. The molecule has 4 aromatic rings. The van der Waals surface area contributed by atoms with Gasteiger partial charge in [0.05, 0.1) is 17.9 Å². The summed E-state index contributed by atoms with van der Waals surface area (Å²) < 4.78 is 6.63. The van der Waals surface area contributed by atoms with Crippen LogP contribution in [0.5, 0.6) is 0 Å². The molecule has 4 rings (SSSR count). The predicted octanol–water partition coefficient (Wildman–Crippen LogP) is 4.36. The fraction of sp³-hybridized carbons (Fsp3) is 0.0833. The number of carbonyl (C=O) groups excluding carboxylic acids is 2. The largest absolute Gasteiger partial charge is 0.462 e. The summed E-state index contributed by atoms with van der Waals surface area (Å²) in [6, 6.07) is 25.5. The molecule has 0 fully saturated rings. The summed E-state index contributed by atoms with van der Waals surface area (Å²) in [4.78, 5) is 24.9. The number of amides is 1. The van der Waals surface area contributed by atoms with Crippen molar-refractivity contribution in [3.05, 3.63) is 96.2 Å². The van der Waals surface area contributed by atoms with Crippen LogP contribution in [0.4, 0.5) is 5.69 Å². The Kier molecular flexibility index (Phi) is 5.84. The third-order valence-electron chi connectivity index (χ3n) is 4.59. The fourth-order valence-corrected chi connectivity index (χ4v) is 3.13. The number of nitrogens with zero attached hydrogens (tertiary/aromatic N) is 3. The van der Waals surface area contributed by atoms with Crippen molar-refractivity contribution in [2.75, 3.05) is 11.9 Å². The zero-order chi connectivity index (χ0) is 21.6. The fourth-order valence-electron chi connectivity index (χ4n) is 3.13. The smallest absolute Gasteiger partial charge is 0.338 e. The number of carbonyl (C=O) groups is 2. The second kappa shape index (κ2) is 9.04. The van der Waals surface area contributed by atoms with Gasteiger partial charge < -0.3 is 10.1 Å². The van der Waals surface area contributed by atoms with Crippen LogP contribution in [0.15, 0.2) is 84.9 Å². The molecular formula is C24H20N4O3. The maximum atomic E-state index is 13.1. The number of hydrogen-bond donors (Lipinski definition) is 1. The van der Waals surface area contributed by atoms with E-state index < -0.39 is 11.9 Å². The zero-order valence-electron chi connectivity index (χ0n) is 16.9. The van der Waals surface area contributed by atoms with E-state index in [1.165, 1.54) is 0 Å². The Balaban J connectivity index is 1.66. The van der Waals surface area contributed by atoms with Crippen molar-refractivity contribution in [2.45, 2.75) is 6.92 Å². The first-order chi connectivity index (χ1) is 15.2. The van der Waals surface area contributed by atoms with Crippen LogP contribution in [-0.4, -0.2) is 33.5 Å². The van der Waals surface area contributed by atoms with E-state index in [1.54, 1.807) is 35.9 Å². The molecule has 0 saturated carbocycles. The number of rotatable bonds is 6. The van der Waals surface area contributed by atoms with E-state index in [4.69, 9.17) is 4.74 Å². The molecular weight excluding hydrogens is 392 g/mol. The van der Waals surface area contributed by atoms with Crippen molar-refractivity contribution in [1.82, 2.24) is 15.0 Å². The van der Waals surface area contributed by atoms with Crippen molar-refractivity contribution in [1.29, 1.82) is 0 Å². The first kappa shape index (κ1) is 20.0. The van der Waals surface area contributed by atoms with Crippen LogP contribution < -0.4 is 5.32 Å². The van der Waals surface area contributed by atoms with Gasteiger partial charge in [-0.3, -0.25) is 4.79 Å². The van der Waals surface area contributed by atoms with Crippen LogP contribution in [0.3, 0.4) is 0 Å². The van der Waals surface area contributed by atoms with Crippen molar-refractivity contribution in [3.63, 3.8) is 0 Å². The summed E-state index contributed by atoms with van der Waals surface area (Å²) >= 11 is 0. The maximum Gasteiger partial charge on any atom is 0.338 e. The average Bonchev–Trinajstić information content (AvgIpc) is 3.26. The Morgan fingerprint density at radius 1 is 0.903 bits per heavy atom. The molecule has 0 aliphatic rings. The Labute approximate surface area is 179 Å². The summed E-state index contributed by atoms with van der Waals surface area (Å²) in [5.74, 6) is -0.803. The standard InChI is InChI=1S/C24H20N4O3/c1-2-31-24(30)18-13-15-19(16-14-18)25-23(29)21-22(17-9-5-3-6-10-17)28(27-26-21)20-11-7-4-8-12-20/h3-16H,2H2,1H3,(H,25,29). The lowest BCUT2D eigenvalue weighted by molar-refractivity contribution is 0.0526. The van der Waals surface area contributed by atoms with Gasteiger partial charge in [0.15, 0.2) is 5.69 Å². The lowest BCUT2D eigenvalue weighted by Gasteiger charge is -2.09. The molecule has 0 spiro atoms. The van der Waals surface area contributed by atoms with E-state index in [1.807, 2.05) is 60.7 Å². The van der Waals surface area contributed by atoms with Crippen LogP contribution in [0.25, 0.3) is 16.9 Å². The number of esters is 1. The predicted molar refractivity (Wildman–Crippen MR) is 117 cm³/mol. The second-order valence-corrected chi connectivity index (χ2v) is 6.65. The van der Waals surface area contributed by atoms with Crippen molar-refractivity contribution < 1.29 is 14.3 Å². The van der Waals surface area contributed by atoms with Crippen molar-refractivity contribution in [2.24, 2.45) is 0 Å². The van der Waals surface area contributed by atoms with E-state index in [0.29, 0.717) is 23.6 Å². The Morgan fingerprint density at radius 2 is 1.55 bits per heavy atom. The third-order valence-corrected chi connectivity index (χ3v) is 4.59. The molecule has 7 heteroatoms. The minimum Gasteiger partial charge on any atom is -0.462 e. The number of aromatic nitrogens is 3. The van der Waals surface area contributed by atoms with Gasteiger partial charge in [-0.2, -0.15) is 0 Å². The number of nitrogens with one attached hydrogen (secondary N) is 1. The van der Waals surface area contributed by atoms with E-state index >= 15 is 0 Å². The van der Waals surface area contributed by atoms with Gasteiger partial charge in [0, 0.05) is 11.3 Å². The summed E-state index contributed by atoms with van der Waals surface area (Å²) in [6.45, 7) is 2.05. The SMILES string of the molecule is CCOC(=O)c1ccc(NC(=O)c2nnn(-c3ccccc3)c2-c2ccccc2)cc1. The Morgan fingerprint density at radius 3 is 2.19 bits per heavy atom. The van der Waals surface area contributed by atoms with Crippen LogP contribution in [0.1, 0.15) is 27.8 Å². The molecule has 1 heterocycles. The van der Waals surface area contributed by atoms with Crippen LogP contribution in [0, 0.1) is 0 Å². The number of benzene rings is 3. The Bertz CT molecular complexity index is 1190. The van der Waals surface area contributed by atoms with Gasteiger partial charge in [-0.25, -0.2) is 9.48 Å². The highest BCUT2D eigenvalue weighted by atomic mass is 16.5. The molecule has 0 unspecified atom stereocenters. The summed E-state index contributed by atoms with van der Waals surface area (Å²) in [5.41, 5.74) is 3.36. The normalized spacial score (nSPS) is 10.5. The minimum atomic E-state index is -0.405. The molecule has 31 heavy (non-hydrogen) atoms. The lowest BCUT2D eigenvalue weighted by Crippen LogP contribution is -2.14. The molecule has 0 saturated heterocycles. The van der Waals surface area contributed by atoms with Crippen LogP contribution >= 0.6 is 0 Å². The van der Waals surface area contributed by atoms with E-state index in [9.17, 15) is 9.59 Å². The van der Waals surface area contributed by atoms with Gasteiger partial charge in [0.25, 0.3) is 5.91 Å². The van der Waals surface area contributed by atoms with E-state index in [2.05, 4.69) is 15.6 Å². The van der Waals surface area contributed by atoms with Crippen molar-refractivity contribution in [3.8, 4) is 16.9 Å². The lowest BCUT2D eigenvalue weighted by atomic mass is 10.1. The van der Waals surface area contributed by atoms with E-state index in [-0.39, 0.29) is 5.69 Å². The zero-order valence-corrected chi connectivity index (χ0v) is 16.9. The molecule has 1 amide bonds. The molecule has 0 aliphatic carbocycles. The molecule has 0 radical (unpaired) electrons. The van der Waals surface area contributed by atoms with Gasteiger partial charge in [0.2, 0.25) is 0 Å². The topological polar surface area (TPSA) is 86.1 Å². The highest BCUT2D eigenvalue weighted by Crippen LogP contribution is 2.26. The molecule has 7 nitrogen and oxygen atoms in total. The first-order valence-electron chi connectivity index (χ1n) is 9.82. The molecule has 0 bridgehead atoms. The maximum absolute atomic E-state index is 13.1. The van der Waals surface area contributed by atoms with Crippen LogP contribution in [-0.2, 0) is 4.74 Å². The molecule has 154 valence electrons. The third kappa shape index (κ3) is 4.35.